The minimum atomic E-state index is -1.09. The predicted octanol–water partition coefficient (Wildman–Crippen LogP) is 3.08. The number of hydrogen-bond donors (Lipinski definition) is 1. The monoisotopic (exact) mass is 358 g/mol. The highest BCUT2D eigenvalue weighted by Gasteiger charge is 2.81. The molecule has 4 rings (SSSR count). The molecule has 22 heavy (non-hydrogen) atoms. The smallest absolute Gasteiger partial charge is 0.243 e. The Labute approximate surface area is 134 Å². The van der Waals surface area contributed by atoms with Crippen molar-refractivity contribution in [2.45, 2.75) is 17.4 Å². The van der Waals surface area contributed by atoms with Gasteiger partial charge in [-0.2, -0.15) is 0 Å². The number of anilines is 1. The Hall–Kier alpha value is -2.21. The van der Waals surface area contributed by atoms with Crippen LogP contribution < -0.4 is 5.32 Å². The first-order valence-electron chi connectivity index (χ1n) is 6.86. The molecule has 1 aliphatic heterocycles. The first-order valence-corrected chi connectivity index (χ1v) is 7.66. The van der Waals surface area contributed by atoms with Crippen LogP contribution in [0.3, 0.4) is 0 Å². The van der Waals surface area contributed by atoms with Gasteiger partial charge < -0.3 is 5.32 Å². The molecule has 1 aliphatic carbocycles. The van der Waals surface area contributed by atoms with Gasteiger partial charge in [0.05, 0.1) is 5.92 Å². The van der Waals surface area contributed by atoms with E-state index in [4.69, 9.17) is 0 Å². The van der Waals surface area contributed by atoms with Gasteiger partial charge in [0, 0.05) is 20.6 Å². The zero-order valence-electron chi connectivity index (χ0n) is 11.3. The van der Waals surface area contributed by atoms with Crippen molar-refractivity contribution in [3.8, 4) is 0 Å². The fourth-order valence-corrected chi connectivity index (χ4v) is 4.04. The zero-order chi connectivity index (χ0) is 15.5. The van der Waals surface area contributed by atoms with E-state index in [1.165, 1.54) is 0 Å². The maximum Gasteiger partial charge on any atom is 0.243 e. The lowest BCUT2D eigenvalue weighted by molar-refractivity contribution is -0.499. The predicted molar refractivity (Wildman–Crippen MR) is 84.4 cm³/mol. The van der Waals surface area contributed by atoms with Gasteiger partial charge in [0.1, 0.15) is 0 Å². The topological polar surface area (TPSA) is 72.2 Å². The quantitative estimate of drug-likeness (QED) is 0.662. The number of nitrogens with one attached hydrogen (secondary N) is 1. The Balaban J connectivity index is 1.92. The van der Waals surface area contributed by atoms with Crippen LogP contribution in [0.15, 0.2) is 53.0 Å². The molecule has 0 aromatic heterocycles. The average Bonchev–Trinajstić information content (AvgIpc) is 3.13. The number of carbonyl (C=O) groups is 1. The number of amides is 1. The second-order valence-corrected chi connectivity index (χ2v) is 6.55. The Morgan fingerprint density at radius 3 is 2.59 bits per heavy atom. The van der Waals surface area contributed by atoms with E-state index < -0.39 is 17.4 Å². The lowest BCUT2D eigenvalue weighted by Crippen LogP contribution is -2.26. The maximum atomic E-state index is 12.6. The van der Waals surface area contributed by atoms with Crippen molar-refractivity contribution in [2.24, 2.45) is 0 Å². The molecule has 1 fully saturated rings. The van der Waals surface area contributed by atoms with Crippen LogP contribution in [0, 0.1) is 10.1 Å². The summed E-state index contributed by atoms with van der Waals surface area (Å²) >= 11 is 3.39. The molecule has 0 radical (unpaired) electrons. The Kier molecular flexibility index (Phi) is 2.69. The molecule has 110 valence electrons. The van der Waals surface area contributed by atoms with E-state index in [0.717, 1.165) is 10.0 Å². The van der Waals surface area contributed by atoms with Crippen LogP contribution in [0.5, 0.6) is 0 Å². The maximum absolute atomic E-state index is 12.6. The lowest BCUT2D eigenvalue weighted by Gasteiger charge is -2.06. The van der Waals surface area contributed by atoms with Crippen LogP contribution >= 0.6 is 15.9 Å². The number of benzene rings is 2. The van der Waals surface area contributed by atoms with Crippen LogP contribution in [0.4, 0.5) is 5.69 Å². The van der Waals surface area contributed by atoms with Gasteiger partial charge >= 0.3 is 0 Å². The summed E-state index contributed by atoms with van der Waals surface area (Å²) in [6.07, 6.45) is 0. The number of carbonyl (C=O) groups excluding carboxylic acids is 1. The third-order valence-electron chi connectivity index (χ3n) is 4.60. The summed E-state index contributed by atoms with van der Waals surface area (Å²) < 4.78 is 0.808. The number of rotatable bonds is 2. The van der Waals surface area contributed by atoms with E-state index in [2.05, 4.69) is 21.2 Å². The first kappa shape index (κ1) is 13.5. The van der Waals surface area contributed by atoms with Gasteiger partial charge in [0.25, 0.3) is 0 Å². The van der Waals surface area contributed by atoms with Crippen molar-refractivity contribution in [2.75, 3.05) is 5.32 Å². The Morgan fingerprint density at radius 1 is 1.18 bits per heavy atom. The second-order valence-electron chi connectivity index (χ2n) is 5.63. The molecule has 1 N–H and O–H groups in total. The van der Waals surface area contributed by atoms with E-state index in [1.54, 1.807) is 6.07 Å². The number of halogens is 1. The highest BCUT2D eigenvalue weighted by atomic mass is 79.9. The summed E-state index contributed by atoms with van der Waals surface area (Å²) in [7, 11) is 0. The highest BCUT2D eigenvalue weighted by Crippen LogP contribution is 2.66. The lowest BCUT2D eigenvalue weighted by atomic mass is 9.92. The fourth-order valence-electron chi connectivity index (χ4n) is 3.68. The first-order chi connectivity index (χ1) is 10.6. The van der Waals surface area contributed by atoms with Crippen LogP contribution in [-0.2, 0) is 10.2 Å². The SMILES string of the molecule is O=C1Nc2ccc(Br)cc2[C@@]12[C@@H]([N+](=O)[O-])[C@@H]2c1ccccc1. The third-order valence-corrected chi connectivity index (χ3v) is 5.09. The molecule has 3 atom stereocenters. The minimum Gasteiger partial charge on any atom is -0.325 e. The van der Waals surface area contributed by atoms with Gasteiger partial charge in [-0.15, -0.1) is 0 Å². The molecule has 5 nitrogen and oxygen atoms in total. The van der Waals surface area contributed by atoms with Gasteiger partial charge in [-0.05, 0) is 23.8 Å². The van der Waals surface area contributed by atoms with Crippen molar-refractivity contribution >= 4 is 27.5 Å². The van der Waals surface area contributed by atoms with E-state index in [0.29, 0.717) is 11.3 Å². The number of fused-ring (bicyclic) bond motifs is 2. The molecular formula is C16H11BrN2O3. The van der Waals surface area contributed by atoms with Gasteiger partial charge in [0.2, 0.25) is 11.9 Å². The standard InChI is InChI=1S/C16H11BrN2O3/c17-10-6-7-12-11(8-10)16(15(20)18-12)13(14(16)19(21)22)9-4-2-1-3-5-9/h1-8,13-14H,(H,18,20)/t13-,14-,16+/m0/s1. The summed E-state index contributed by atoms with van der Waals surface area (Å²) in [6, 6.07) is 13.7. The van der Waals surface area contributed by atoms with Gasteiger partial charge in [-0.3, -0.25) is 14.9 Å². The molecule has 0 saturated heterocycles. The molecule has 1 amide bonds. The molecule has 2 aromatic rings. The van der Waals surface area contributed by atoms with Crippen molar-refractivity contribution < 1.29 is 9.72 Å². The van der Waals surface area contributed by atoms with E-state index >= 15 is 0 Å². The summed E-state index contributed by atoms with van der Waals surface area (Å²) in [4.78, 5) is 23.8. The molecule has 6 heteroatoms. The number of nitro groups is 1. The summed E-state index contributed by atoms with van der Waals surface area (Å²) in [5.74, 6) is -0.713. The van der Waals surface area contributed by atoms with Gasteiger partial charge in [-0.1, -0.05) is 46.3 Å². The third kappa shape index (κ3) is 1.56. The minimum absolute atomic E-state index is 0.281. The summed E-state index contributed by atoms with van der Waals surface area (Å²) in [5, 5.41) is 14.4. The van der Waals surface area contributed by atoms with Crippen molar-refractivity contribution in [1.82, 2.24) is 0 Å². The molecule has 1 heterocycles. The second kappa shape index (κ2) is 4.39. The number of hydrogen-bond acceptors (Lipinski definition) is 3. The van der Waals surface area contributed by atoms with E-state index in [1.807, 2.05) is 42.5 Å². The van der Waals surface area contributed by atoms with Crippen molar-refractivity contribution in [3.63, 3.8) is 0 Å². The summed E-state index contributed by atoms with van der Waals surface area (Å²) in [5.41, 5.74) is 1.11. The normalized spacial score (nSPS) is 28.3. The van der Waals surface area contributed by atoms with E-state index in [9.17, 15) is 14.9 Å². The average molecular weight is 359 g/mol. The van der Waals surface area contributed by atoms with Crippen molar-refractivity contribution in [1.29, 1.82) is 0 Å². The fraction of sp³-hybridized carbons (Fsp3) is 0.188. The molecular weight excluding hydrogens is 348 g/mol. The Bertz CT molecular complexity index is 808. The largest absolute Gasteiger partial charge is 0.325 e. The molecule has 1 spiro atoms. The molecule has 0 bridgehead atoms. The van der Waals surface area contributed by atoms with Gasteiger partial charge in [0.15, 0.2) is 5.41 Å². The van der Waals surface area contributed by atoms with Crippen LogP contribution in [0.1, 0.15) is 17.0 Å². The van der Waals surface area contributed by atoms with E-state index in [-0.39, 0.29) is 10.8 Å². The Morgan fingerprint density at radius 2 is 1.91 bits per heavy atom. The molecule has 1 saturated carbocycles. The molecule has 0 unspecified atom stereocenters. The summed E-state index contributed by atoms with van der Waals surface area (Å²) in [6.45, 7) is 0. The molecule has 2 aromatic carbocycles. The van der Waals surface area contributed by atoms with Crippen molar-refractivity contribution in [3.05, 3.63) is 74.2 Å². The zero-order valence-corrected chi connectivity index (χ0v) is 12.9. The van der Waals surface area contributed by atoms with Crippen LogP contribution in [0.25, 0.3) is 0 Å². The highest BCUT2D eigenvalue weighted by molar-refractivity contribution is 9.10. The van der Waals surface area contributed by atoms with Crippen LogP contribution in [0.2, 0.25) is 0 Å². The van der Waals surface area contributed by atoms with Gasteiger partial charge in [-0.25, -0.2) is 0 Å². The molecule has 2 aliphatic rings. The van der Waals surface area contributed by atoms with Crippen LogP contribution in [-0.4, -0.2) is 16.9 Å². The number of nitrogens with zero attached hydrogens (tertiary/aromatic N) is 1.